The fraction of sp³-hybridized carbons (Fsp3) is 0.286. The summed E-state index contributed by atoms with van der Waals surface area (Å²) < 4.78 is 11.5. The highest BCUT2D eigenvalue weighted by Crippen LogP contribution is 2.26. The second-order valence-electron chi connectivity index (χ2n) is 6.74. The van der Waals surface area contributed by atoms with E-state index in [1.54, 1.807) is 41.3 Å². The lowest BCUT2D eigenvalue weighted by Gasteiger charge is -2.25. The third kappa shape index (κ3) is 3.94. The van der Waals surface area contributed by atoms with E-state index in [-0.39, 0.29) is 30.1 Å². The van der Waals surface area contributed by atoms with E-state index in [0.717, 1.165) is 18.2 Å². The lowest BCUT2D eigenvalue weighted by Crippen LogP contribution is -2.36. The summed E-state index contributed by atoms with van der Waals surface area (Å²) in [6.07, 6.45) is 1.91. The molecule has 2 aromatic carbocycles. The van der Waals surface area contributed by atoms with Gasteiger partial charge in [-0.1, -0.05) is 29.8 Å². The summed E-state index contributed by atoms with van der Waals surface area (Å²) in [5, 5.41) is 11.5. The molecule has 1 fully saturated rings. The Hall–Kier alpha value is -2.50. The van der Waals surface area contributed by atoms with E-state index < -0.39 is 0 Å². The monoisotopic (exact) mass is 385 g/mol. The normalized spacial score (nSPS) is 16.7. The summed E-state index contributed by atoms with van der Waals surface area (Å²) in [4.78, 5) is 14.8. The Morgan fingerprint density at radius 3 is 2.85 bits per heavy atom. The Labute approximate surface area is 162 Å². The van der Waals surface area contributed by atoms with Crippen molar-refractivity contribution in [2.24, 2.45) is 0 Å². The van der Waals surface area contributed by atoms with Gasteiger partial charge in [0, 0.05) is 35.7 Å². The Morgan fingerprint density at radius 1 is 1.22 bits per heavy atom. The van der Waals surface area contributed by atoms with Crippen molar-refractivity contribution < 1.29 is 19.1 Å². The van der Waals surface area contributed by atoms with Crippen molar-refractivity contribution in [2.45, 2.75) is 25.5 Å². The van der Waals surface area contributed by atoms with Gasteiger partial charge in [0.2, 0.25) is 0 Å². The first kappa shape index (κ1) is 17.9. The zero-order valence-corrected chi connectivity index (χ0v) is 15.5. The molecule has 0 spiro atoms. The average Bonchev–Trinajstić information content (AvgIpc) is 3.31. The number of ether oxygens (including phenoxy) is 1. The van der Waals surface area contributed by atoms with E-state index >= 15 is 0 Å². The minimum atomic E-state index is -0.235. The molecular formula is C21H20ClNO4. The van der Waals surface area contributed by atoms with Crippen molar-refractivity contribution >= 4 is 28.5 Å². The predicted octanol–water partition coefficient (Wildman–Crippen LogP) is 4.61. The molecule has 1 N–H and O–H groups in total. The average molecular weight is 386 g/mol. The molecule has 1 aromatic heterocycles. The smallest absolute Gasteiger partial charge is 0.289 e. The van der Waals surface area contributed by atoms with Gasteiger partial charge in [-0.15, -0.1) is 0 Å². The second-order valence-corrected chi connectivity index (χ2v) is 7.18. The van der Waals surface area contributed by atoms with Crippen LogP contribution in [0, 0.1) is 0 Å². The highest BCUT2D eigenvalue weighted by molar-refractivity contribution is 6.31. The Bertz CT molecular complexity index is 962. The van der Waals surface area contributed by atoms with Gasteiger partial charge < -0.3 is 19.2 Å². The Morgan fingerprint density at radius 2 is 2.07 bits per heavy atom. The number of hydrogen-bond acceptors (Lipinski definition) is 4. The lowest BCUT2D eigenvalue weighted by molar-refractivity contribution is 0.0484. The maximum Gasteiger partial charge on any atom is 0.289 e. The summed E-state index contributed by atoms with van der Waals surface area (Å²) in [5.41, 5.74) is 1.30. The quantitative estimate of drug-likeness (QED) is 0.696. The number of nitrogens with zero attached hydrogens (tertiary/aromatic N) is 1. The molecule has 0 radical (unpaired) electrons. The number of furan rings is 1. The van der Waals surface area contributed by atoms with Gasteiger partial charge in [-0.2, -0.15) is 0 Å². The molecule has 1 aliphatic heterocycles. The first-order valence-electron chi connectivity index (χ1n) is 8.97. The zero-order chi connectivity index (χ0) is 18.8. The molecule has 0 aliphatic carbocycles. The topological polar surface area (TPSA) is 62.9 Å². The van der Waals surface area contributed by atoms with E-state index in [1.165, 1.54) is 0 Å². The number of phenols is 1. The zero-order valence-electron chi connectivity index (χ0n) is 14.7. The second kappa shape index (κ2) is 7.62. The standard InChI is InChI=1S/C21H20ClNO4/c22-16-7-8-19-15(10-16)11-20(27-19)21(25)23(13-17-5-3-9-26-17)12-14-4-1-2-6-18(14)24/h1-2,4,6-8,10-11,17,24H,3,5,9,12-13H2. The Kier molecular flexibility index (Phi) is 5.05. The van der Waals surface area contributed by atoms with Gasteiger partial charge in [0.1, 0.15) is 11.3 Å². The van der Waals surface area contributed by atoms with Crippen molar-refractivity contribution in [1.82, 2.24) is 4.90 Å². The molecule has 3 aromatic rings. The third-order valence-electron chi connectivity index (χ3n) is 4.78. The number of fused-ring (bicyclic) bond motifs is 1. The van der Waals surface area contributed by atoms with Crippen molar-refractivity contribution in [3.63, 3.8) is 0 Å². The lowest BCUT2D eigenvalue weighted by atomic mass is 10.1. The molecule has 1 amide bonds. The highest BCUT2D eigenvalue weighted by Gasteiger charge is 2.26. The van der Waals surface area contributed by atoms with Crippen molar-refractivity contribution in [1.29, 1.82) is 0 Å². The predicted molar refractivity (Wildman–Crippen MR) is 103 cm³/mol. The maximum absolute atomic E-state index is 13.2. The van der Waals surface area contributed by atoms with E-state index in [2.05, 4.69) is 0 Å². The number of aromatic hydroxyl groups is 1. The van der Waals surface area contributed by atoms with Crippen LogP contribution in [0.2, 0.25) is 5.02 Å². The summed E-state index contributed by atoms with van der Waals surface area (Å²) in [6, 6.07) is 14.0. The number of phenolic OH excluding ortho intramolecular Hbond substituents is 1. The number of rotatable bonds is 5. The van der Waals surface area contributed by atoms with Crippen LogP contribution in [0.3, 0.4) is 0 Å². The number of amides is 1. The van der Waals surface area contributed by atoms with Crippen molar-refractivity contribution in [2.75, 3.05) is 13.2 Å². The molecule has 1 aliphatic rings. The van der Waals surface area contributed by atoms with Gasteiger partial charge in [0.15, 0.2) is 5.76 Å². The number of carbonyl (C=O) groups excluding carboxylic acids is 1. The molecule has 1 atom stereocenters. The number of carbonyl (C=O) groups is 1. The van der Waals surface area contributed by atoms with Crippen LogP contribution >= 0.6 is 11.6 Å². The van der Waals surface area contributed by atoms with Gasteiger partial charge in [-0.3, -0.25) is 4.79 Å². The van der Waals surface area contributed by atoms with Crippen LogP contribution in [0.25, 0.3) is 11.0 Å². The van der Waals surface area contributed by atoms with Crippen molar-refractivity contribution in [3.8, 4) is 5.75 Å². The number of benzene rings is 2. The van der Waals surface area contributed by atoms with Crippen molar-refractivity contribution in [3.05, 3.63) is 64.9 Å². The van der Waals surface area contributed by atoms with E-state index in [0.29, 0.717) is 29.3 Å². The van der Waals surface area contributed by atoms with Gasteiger partial charge in [0.05, 0.1) is 6.10 Å². The first-order valence-corrected chi connectivity index (χ1v) is 9.35. The number of para-hydroxylation sites is 1. The van der Waals surface area contributed by atoms with Crippen LogP contribution in [-0.2, 0) is 11.3 Å². The Balaban J connectivity index is 1.63. The molecule has 0 saturated carbocycles. The SMILES string of the molecule is O=C(c1cc2cc(Cl)ccc2o1)N(Cc1ccccc1O)CC1CCCO1. The molecule has 5 nitrogen and oxygen atoms in total. The summed E-state index contributed by atoms with van der Waals surface area (Å²) >= 11 is 6.03. The van der Waals surface area contributed by atoms with Crippen LogP contribution in [0.4, 0.5) is 0 Å². The largest absolute Gasteiger partial charge is 0.508 e. The first-order chi connectivity index (χ1) is 13.1. The summed E-state index contributed by atoms with van der Waals surface area (Å²) in [5.74, 6) is 0.181. The minimum absolute atomic E-state index is 0.00127. The molecule has 27 heavy (non-hydrogen) atoms. The van der Waals surface area contributed by atoms with Gasteiger partial charge in [-0.25, -0.2) is 0 Å². The molecule has 6 heteroatoms. The molecule has 2 heterocycles. The van der Waals surface area contributed by atoms with Crippen LogP contribution in [-0.4, -0.2) is 35.2 Å². The summed E-state index contributed by atoms with van der Waals surface area (Å²) in [7, 11) is 0. The number of halogens is 1. The van der Waals surface area contributed by atoms with E-state index in [4.69, 9.17) is 20.8 Å². The van der Waals surface area contributed by atoms with Gasteiger partial charge >= 0.3 is 0 Å². The fourth-order valence-electron chi connectivity index (χ4n) is 3.38. The molecule has 4 rings (SSSR count). The van der Waals surface area contributed by atoms with Crippen LogP contribution < -0.4 is 0 Å². The molecule has 1 unspecified atom stereocenters. The molecule has 140 valence electrons. The van der Waals surface area contributed by atoms with Crippen LogP contribution in [0.1, 0.15) is 29.0 Å². The molecular weight excluding hydrogens is 366 g/mol. The highest BCUT2D eigenvalue weighted by atomic mass is 35.5. The summed E-state index contributed by atoms with van der Waals surface area (Å²) in [6.45, 7) is 1.44. The van der Waals surface area contributed by atoms with E-state index in [1.807, 2.05) is 12.1 Å². The minimum Gasteiger partial charge on any atom is -0.508 e. The van der Waals surface area contributed by atoms with E-state index in [9.17, 15) is 9.90 Å². The van der Waals surface area contributed by atoms with Crippen LogP contribution in [0.5, 0.6) is 5.75 Å². The van der Waals surface area contributed by atoms with Gasteiger partial charge in [0.25, 0.3) is 5.91 Å². The molecule has 0 bridgehead atoms. The number of hydrogen-bond donors (Lipinski definition) is 1. The molecule has 1 saturated heterocycles. The third-order valence-corrected chi connectivity index (χ3v) is 5.01. The van der Waals surface area contributed by atoms with Crippen LogP contribution in [0.15, 0.2) is 52.9 Å². The fourth-order valence-corrected chi connectivity index (χ4v) is 3.56. The maximum atomic E-state index is 13.2. The van der Waals surface area contributed by atoms with Gasteiger partial charge in [-0.05, 0) is 43.2 Å².